The Labute approximate surface area is 147 Å². The Morgan fingerprint density at radius 3 is 2.64 bits per heavy atom. The number of rotatable bonds is 7. The quantitative estimate of drug-likeness (QED) is 0.792. The lowest BCUT2D eigenvalue weighted by Gasteiger charge is -2.09. The molecule has 2 aromatic carbocycles. The highest BCUT2D eigenvalue weighted by Gasteiger charge is 2.28. The fourth-order valence-corrected chi connectivity index (χ4v) is 3.71. The lowest BCUT2D eigenvalue weighted by atomic mass is 10.2. The fraction of sp³-hybridized carbons (Fsp3) is 0.278. The number of amides is 1. The second kappa shape index (κ2) is 7.25. The Hall–Kier alpha value is -2.38. The van der Waals surface area contributed by atoms with Crippen LogP contribution in [0.15, 0.2) is 53.4 Å². The molecule has 0 heterocycles. The van der Waals surface area contributed by atoms with E-state index >= 15 is 0 Å². The monoisotopic (exact) mass is 360 g/mol. The van der Waals surface area contributed by atoms with E-state index in [1.54, 1.807) is 19.2 Å². The van der Waals surface area contributed by atoms with Gasteiger partial charge in [0.25, 0.3) is 5.91 Å². The highest BCUT2D eigenvalue weighted by molar-refractivity contribution is 7.89. The Morgan fingerprint density at radius 1 is 1.16 bits per heavy atom. The molecule has 0 unspecified atom stereocenters. The highest BCUT2D eigenvalue weighted by Crippen LogP contribution is 2.22. The zero-order chi connectivity index (χ0) is 17.9. The van der Waals surface area contributed by atoms with Gasteiger partial charge in [-0.15, -0.1) is 0 Å². The third-order valence-electron chi connectivity index (χ3n) is 3.89. The molecule has 25 heavy (non-hydrogen) atoms. The van der Waals surface area contributed by atoms with Crippen molar-refractivity contribution in [1.29, 1.82) is 0 Å². The Kier molecular flexibility index (Phi) is 5.06. The maximum absolute atomic E-state index is 12.3. The van der Waals surface area contributed by atoms with Crippen LogP contribution in [-0.4, -0.2) is 27.5 Å². The van der Waals surface area contributed by atoms with Gasteiger partial charge >= 0.3 is 0 Å². The molecule has 1 amide bonds. The predicted octanol–water partition coefficient (Wildman–Crippen LogP) is 2.07. The molecule has 132 valence electrons. The minimum absolute atomic E-state index is 0.0237. The van der Waals surface area contributed by atoms with Crippen LogP contribution in [0.5, 0.6) is 5.75 Å². The van der Waals surface area contributed by atoms with E-state index in [0.717, 1.165) is 18.4 Å². The second-order valence-corrected chi connectivity index (χ2v) is 7.67. The smallest absolute Gasteiger partial charge is 0.251 e. The first-order valence-corrected chi connectivity index (χ1v) is 9.50. The van der Waals surface area contributed by atoms with Gasteiger partial charge in [0.1, 0.15) is 5.75 Å². The molecule has 1 saturated carbocycles. The van der Waals surface area contributed by atoms with Crippen molar-refractivity contribution in [2.24, 2.45) is 0 Å². The summed E-state index contributed by atoms with van der Waals surface area (Å²) in [7, 11) is -1.99. The molecule has 7 heteroatoms. The number of hydrogen-bond donors (Lipinski definition) is 2. The van der Waals surface area contributed by atoms with Crippen LogP contribution in [0.2, 0.25) is 0 Å². The summed E-state index contributed by atoms with van der Waals surface area (Å²) in [4.78, 5) is 12.4. The van der Waals surface area contributed by atoms with Crippen LogP contribution >= 0.6 is 0 Å². The number of hydrogen-bond acceptors (Lipinski definition) is 4. The number of ether oxygens (including phenoxy) is 1. The van der Waals surface area contributed by atoms with Gasteiger partial charge in [0.15, 0.2) is 0 Å². The van der Waals surface area contributed by atoms with Crippen LogP contribution in [0.25, 0.3) is 0 Å². The van der Waals surface area contributed by atoms with Crippen LogP contribution in [0.3, 0.4) is 0 Å². The van der Waals surface area contributed by atoms with Crippen molar-refractivity contribution in [1.82, 2.24) is 10.0 Å². The van der Waals surface area contributed by atoms with Crippen LogP contribution in [0.1, 0.15) is 28.8 Å². The fourth-order valence-electron chi connectivity index (χ4n) is 2.36. The number of sulfonamides is 1. The topological polar surface area (TPSA) is 84.5 Å². The van der Waals surface area contributed by atoms with E-state index in [-0.39, 0.29) is 16.8 Å². The van der Waals surface area contributed by atoms with Crippen molar-refractivity contribution in [2.45, 2.75) is 30.3 Å². The average Bonchev–Trinajstić information content (AvgIpc) is 3.43. The van der Waals surface area contributed by atoms with Crippen molar-refractivity contribution in [3.05, 3.63) is 59.7 Å². The minimum Gasteiger partial charge on any atom is -0.497 e. The molecule has 0 atom stereocenters. The normalized spacial score (nSPS) is 14.1. The van der Waals surface area contributed by atoms with Gasteiger partial charge in [0.05, 0.1) is 12.0 Å². The summed E-state index contributed by atoms with van der Waals surface area (Å²) >= 11 is 0. The van der Waals surface area contributed by atoms with Gasteiger partial charge in [-0.25, -0.2) is 13.1 Å². The molecule has 0 aromatic heterocycles. The molecule has 3 rings (SSSR count). The highest BCUT2D eigenvalue weighted by atomic mass is 32.2. The van der Waals surface area contributed by atoms with E-state index in [0.29, 0.717) is 17.9 Å². The molecule has 0 radical (unpaired) electrons. The van der Waals surface area contributed by atoms with Gasteiger partial charge in [-0.3, -0.25) is 4.79 Å². The molecule has 0 spiro atoms. The number of nitrogens with one attached hydrogen (secondary N) is 2. The van der Waals surface area contributed by atoms with E-state index in [4.69, 9.17) is 4.74 Å². The molecule has 0 bridgehead atoms. The third kappa shape index (κ3) is 4.58. The van der Waals surface area contributed by atoms with Crippen LogP contribution < -0.4 is 14.8 Å². The lowest BCUT2D eigenvalue weighted by Crippen LogP contribution is -2.27. The summed E-state index contributed by atoms with van der Waals surface area (Å²) in [6, 6.07) is 13.5. The molecular formula is C18H20N2O4S. The molecule has 2 N–H and O–H groups in total. The van der Waals surface area contributed by atoms with Gasteiger partial charge in [-0.05, 0) is 48.7 Å². The second-order valence-electron chi connectivity index (χ2n) is 5.96. The van der Waals surface area contributed by atoms with Gasteiger partial charge in [-0.1, -0.05) is 18.2 Å². The Balaban J connectivity index is 1.68. The van der Waals surface area contributed by atoms with Gasteiger partial charge in [0, 0.05) is 18.2 Å². The summed E-state index contributed by atoms with van der Waals surface area (Å²) in [6.45, 7) is 0.327. The van der Waals surface area contributed by atoms with Crippen molar-refractivity contribution in [3.8, 4) is 5.75 Å². The van der Waals surface area contributed by atoms with Crippen LogP contribution in [0.4, 0.5) is 0 Å². The Morgan fingerprint density at radius 2 is 1.92 bits per heavy atom. The zero-order valence-corrected chi connectivity index (χ0v) is 14.7. The summed E-state index contributed by atoms with van der Waals surface area (Å²) < 4.78 is 32.3. The third-order valence-corrected chi connectivity index (χ3v) is 5.41. The van der Waals surface area contributed by atoms with Crippen LogP contribution in [0, 0.1) is 0 Å². The summed E-state index contributed by atoms with van der Waals surface area (Å²) in [6.07, 6.45) is 1.72. The van der Waals surface area contributed by atoms with Crippen LogP contribution in [-0.2, 0) is 16.6 Å². The van der Waals surface area contributed by atoms with E-state index < -0.39 is 10.0 Å². The molecule has 1 fully saturated rings. The zero-order valence-electron chi connectivity index (χ0n) is 13.9. The number of carbonyl (C=O) groups excluding carboxylic acids is 1. The first-order chi connectivity index (χ1) is 12.0. The maximum atomic E-state index is 12.3. The van der Waals surface area contributed by atoms with Crippen molar-refractivity contribution in [2.75, 3.05) is 7.11 Å². The predicted molar refractivity (Wildman–Crippen MR) is 93.9 cm³/mol. The molecule has 1 aliphatic rings. The van der Waals surface area contributed by atoms with Crippen molar-refractivity contribution in [3.63, 3.8) is 0 Å². The Bertz CT molecular complexity index is 876. The summed E-state index contributed by atoms with van der Waals surface area (Å²) in [5.74, 6) is 0.386. The van der Waals surface area contributed by atoms with Gasteiger partial charge in [0.2, 0.25) is 10.0 Å². The molecule has 6 nitrogen and oxygen atoms in total. The van der Waals surface area contributed by atoms with Gasteiger partial charge < -0.3 is 10.1 Å². The van der Waals surface area contributed by atoms with E-state index in [1.165, 1.54) is 12.1 Å². The number of benzene rings is 2. The largest absolute Gasteiger partial charge is 0.497 e. The van der Waals surface area contributed by atoms with Crippen molar-refractivity contribution < 1.29 is 17.9 Å². The first kappa shape index (κ1) is 17.4. The molecular weight excluding hydrogens is 340 g/mol. The summed E-state index contributed by atoms with van der Waals surface area (Å²) in [5, 5.41) is 2.79. The molecule has 2 aromatic rings. The van der Waals surface area contributed by atoms with E-state index in [9.17, 15) is 13.2 Å². The standard InChI is InChI=1S/C18H20N2O4S/c1-24-16-6-2-4-13(10-16)12-19-18(21)14-5-3-7-17(11-14)25(22,23)20-15-8-9-15/h2-7,10-11,15,20H,8-9,12H2,1H3,(H,19,21). The number of methoxy groups -OCH3 is 1. The lowest BCUT2D eigenvalue weighted by molar-refractivity contribution is 0.0950. The summed E-state index contributed by atoms with van der Waals surface area (Å²) in [5.41, 5.74) is 1.20. The SMILES string of the molecule is COc1cccc(CNC(=O)c2cccc(S(=O)(=O)NC3CC3)c2)c1. The first-order valence-electron chi connectivity index (χ1n) is 8.01. The molecule has 0 saturated heterocycles. The molecule has 1 aliphatic carbocycles. The number of carbonyl (C=O) groups is 1. The van der Waals surface area contributed by atoms with E-state index in [1.807, 2.05) is 24.3 Å². The average molecular weight is 360 g/mol. The van der Waals surface area contributed by atoms with E-state index in [2.05, 4.69) is 10.0 Å². The van der Waals surface area contributed by atoms with Gasteiger partial charge in [-0.2, -0.15) is 0 Å². The molecule has 0 aliphatic heterocycles. The maximum Gasteiger partial charge on any atom is 0.251 e. The van der Waals surface area contributed by atoms with Crippen molar-refractivity contribution >= 4 is 15.9 Å². The minimum atomic E-state index is -3.58.